The number of nitrogens with zero attached hydrogens (tertiary/aromatic N) is 7. The molecule has 116 valence electrons. The molecule has 0 saturated carbocycles. The first-order chi connectivity index (χ1) is 10.6. The lowest BCUT2D eigenvalue weighted by molar-refractivity contribution is 0.385. The Balaban J connectivity index is 1.77. The zero-order valence-corrected chi connectivity index (χ0v) is 13.3. The maximum Gasteiger partial charge on any atom is 0.271 e. The predicted octanol–water partition coefficient (Wildman–Crippen LogP) is 1.03. The lowest BCUT2D eigenvalue weighted by Gasteiger charge is -2.03. The summed E-state index contributed by atoms with van der Waals surface area (Å²) in [5.74, 6) is 8.23. The van der Waals surface area contributed by atoms with E-state index in [0.717, 1.165) is 17.8 Å². The smallest absolute Gasteiger partial charge is 0.271 e. The molecule has 9 nitrogen and oxygen atoms in total. The number of nitrogens with two attached hydrogens (primary N) is 1. The van der Waals surface area contributed by atoms with Crippen molar-refractivity contribution in [1.82, 2.24) is 34.8 Å². The Morgan fingerprint density at radius 3 is 2.77 bits per heavy atom. The van der Waals surface area contributed by atoms with Gasteiger partial charge in [-0.15, -0.1) is 10.2 Å². The van der Waals surface area contributed by atoms with Gasteiger partial charge in [-0.1, -0.05) is 23.8 Å². The second-order valence-electron chi connectivity index (χ2n) is 4.74. The first kappa shape index (κ1) is 14.6. The molecule has 2 N–H and O–H groups in total. The van der Waals surface area contributed by atoms with Crippen LogP contribution in [0.3, 0.4) is 0 Å². The largest absolute Gasteiger partial charge is 0.338 e. The zero-order valence-electron chi connectivity index (χ0n) is 12.5. The van der Waals surface area contributed by atoms with E-state index in [4.69, 9.17) is 10.4 Å². The quantitative estimate of drug-likeness (QED) is 0.548. The summed E-state index contributed by atoms with van der Waals surface area (Å²) in [5, 5.41) is 16.9. The Bertz CT molecular complexity index is 789. The average molecular weight is 320 g/mol. The average Bonchev–Trinajstić information content (AvgIpc) is 3.17. The third-order valence-electron chi connectivity index (χ3n) is 3.00. The minimum absolute atomic E-state index is 0.466. The lowest BCUT2D eigenvalue weighted by atomic mass is 10.4. The maximum atomic E-state index is 6.05. The zero-order chi connectivity index (χ0) is 15.7. The highest BCUT2D eigenvalue weighted by atomic mass is 32.2. The van der Waals surface area contributed by atoms with Crippen LogP contribution in [0.4, 0.5) is 0 Å². The standard InChI is InChI=1S/C12H16N8OS/c1-4-9-14-10(21-18-9)6-22-12-16-15-11(19(12)13)20-8(3)5-7(2)17-20/h5H,4,6,13H2,1-3H3. The van der Waals surface area contributed by atoms with Gasteiger partial charge in [0.25, 0.3) is 5.95 Å². The van der Waals surface area contributed by atoms with Crippen molar-refractivity contribution >= 4 is 11.8 Å². The van der Waals surface area contributed by atoms with Gasteiger partial charge in [0.15, 0.2) is 5.82 Å². The topological polar surface area (TPSA) is 113 Å². The monoisotopic (exact) mass is 320 g/mol. The summed E-state index contributed by atoms with van der Waals surface area (Å²) in [5.41, 5.74) is 1.84. The van der Waals surface area contributed by atoms with E-state index in [1.807, 2.05) is 26.8 Å². The van der Waals surface area contributed by atoms with Gasteiger partial charge < -0.3 is 10.4 Å². The van der Waals surface area contributed by atoms with Gasteiger partial charge in [-0.2, -0.15) is 10.1 Å². The fourth-order valence-electron chi connectivity index (χ4n) is 1.96. The van der Waals surface area contributed by atoms with Crippen LogP contribution in [0.2, 0.25) is 0 Å². The van der Waals surface area contributed by atoms with Gasteiger partial charge in [-0.25, -0.2) is 9.36 Å². The van der Waals surface area contributed by atoms with Gasteiger partial charge in [-0.3, -0.25) is 0 Å². The van der Waals surface area contributed by atoms with E-state index >= 15 is 0 Å². The number of hydrogen-bond donors (Lipinski definition) is 1. The number of thioether (sulfide) groups is 1. The summed E-state index contributed by atoms with van der Waals surface area (Å²) in [6.45, 7) is 5.82. The Hall–Kier alpha value is -2.36. The van der Waals surface area contributed by atoms with Crippen LogP contribution >= 0.6 is 11.8 Å². The minimum atomic E-state index is 0.466. The van der Waals surface area contributed by atoms with Crippen molar-refractivity contribution < 1.29 is 4.52 Å². The van der Waals surface area contributed by atoms with Crippen molar-refractivity contribution in [2.24, 2.45) is 0 Å². The molecule has 0 atom stereocenters. The van der Waals surface area contributed by atoms with E-state index in [2.05, 4.69) is 25.4 Å². The Morgan fingerprint density at radius 1 is 1.32 bits per heavy atom. The second kappa shape index (κ2) is 5.79. The summed E-state index contributed by atoms with van der Waals surface area (Å²) in [4.78, 5) is 4.24. The molecule has 0 spiro atoms. The highest BCUT2D eigenvalue weighted by molar-refractivity contribution is 7.98. The third kappa shape index (κ3) is 2.69. The Labute approximate surface area is 130 Å². The van der Waals surface area contributed by atoms with Crippen LogP contribution in [0.1, 0.15) is 30.0 Å². The van der Waals surface area contributed by atoms with Crippen LogP contribution in [-0.2, 0) is 12.2 Å². The molecule has 0 amide bonds. The molecule has 3 heterocycles. The van der Waals surface area contributed by atoms with Crippen LogP contribution in [0.15, 0.2) is 15.7 Å². The van der Waals surface area contributed by atoms with E-state index in [9.17, 15) is 0 Å². The SMILES string of the molecule is CCc1noc(CSc2nnc(-n3nc(C)cc3C)n2N)n1. The normalized spacial score (nSPS) is 11.2. The molecule has 0 aliphatic heterocycles. The lowest BCUT2D eigenvalue weighted by Crippen LogP contribution is -2.17. The summed E-state index contributed by atoms with van der Waals surface area (Å²) >= 11 is 1.38. The molecule has 10 heteroatoms. The molecule has 0 saturated heterocycles. The van der Waals surface area contributed by atoms with Crippen LogP contribution in [-0.4, -0.2) is 34.8 Å². The molecule has 22 heavy (non-hydrogen) atoms. The highest BCUT2D eigenvalue weighted by Crippen LogP contribution is 2.21. The molecule has 3 aromatic rings. The van der Waals surface area contributed by atoms with E-state index in [-0.39, 0.29) is 0 Å². The predicted molar refractivity (Wildman–Crippen MR) is 80.0 cm³/mol. The van der Waals surface area contributed by atoms with E-state index < -0.39 is 0 Å². The maximum absolute atomic E-state index is 6.05. The summed E-state index contributed by atoms with van der Waals surface area (Å²) in [7, 11) is 0. The van der Waals surface area contributed by atoms with Gasteiger partial charge in [0.1, 0.15) is 0 Å². The van der Waals surface area contributed by atoms with Crippen molar-refractivity contribution in [1.29, 1.82) is 0 Å². The fraction of sp³-hybridized carbons (Fsp3) is 0.417. The van der Waals surface area contributed by atoms with Gasteiger partial charge in [-0.05, 0) is 19.9 Å². The fourth-order valence-corrected chi connectivity index (χ4v) is 2.65. The molecule has 0 fully saturated rings. The number of aromatic nitrogens is 7. The van der Waals surface area contributed by atoms with Crippen molar-refractivity contribution in [3.63, 3.8) is 0 Å². The number of nitrogen functional groups attached to an aromatic ring is 1. The van der Waals surface area contributed by atoms with Crippen LogP contribution in [0, 0.1) is 13.8 Å². The number of rotatable bonds is 5. The van der Waals surface area contributed by atoms with Crippen molar-refractivity contribution in [3.05, 3.63) is 29.2 Å². The van der Waals surface area contributed by atoms with Crippen LogP contribution in [0.5, 0.6) is 0 Å². The summed E-state index contributed by atoms with van der Waals surface area (Å²) in [6, 6.07) is 1.95. The summed E-state index contributed by atoms with van der Waals surface area (Å²) in [6.07, 6.45) is 0.739. The van der Waals surface area contributed by atoms with Gasteiger partial charge in [0.05, 0.1) is 11.4 Å². The van der Waals surface area contributed by atoms with Crippen LogP contribution < -0.4 is 5.84 Å². The van der Waals surface area contributed by atoms with Crippen LogP contribution in [0.25, 0.3) is 5.95 Å². The molecule has 3 aromatic heterocycles. The van der Waals surface area contributed by atoms with E-state index in [1.165, 1.54) is 16.4 Å². The van der Waals surface area contributed by atoms with Gasteiger partial charge in [0.2, 0.25) is 11.0 Å². The molecule has 0 bridgehead atoms. The Morgan fingerprint density at radius 2 is 2.14 bits per heavy atom. The van der Waals surface area contributed by atoms with Crippen molar-refractivity contribution in [2.45, 2.75) is 38.1 Å². The summed E-state index contributed by atoms with van der Waals surface area (Å²) < 4.78 is 8.20. The Kier molecular flexibility index (Phi) is 3.84. The number of hydrogen-bond acceptors (Lipinski definition) is 8. The molecule has 0 aromatic carbocycles. The molecule has 0 unspecified atom stereocenters. The van der Waals surface area contributed by atoms with Gasteiger partial charge >= 0.3 is 0 Å². The minimum Gasteiger partial charge on any atom is -0.338 e. The molecule has 0 aliphatic carbocycles. The first-order valence-corrected chi connectivity index (χ1v) is 7.75. The molecular formula is C12H16N8OS. The van der Waals surface area contributed by atoms with E-state index in [0.29, 0.717) is 28.6 Å². The molecule has 3 rings (SSSR count). The van der Waals surface area contributed by atoms with Gasteiger partial charge in [0, 0.05) is 12.1 Å². The highest BCUT2D eigenvalue weighted by Gasteiger charge is 2.16. The van der Waals surface area contributed by atoms with Crippen molar-refractivity contribution in [3.8, 4) is 5.95 Å². The number of aryl methyl sites for hydroxylation is 3. The third-order valence-corrected chi connectivity index (χ3v) is 3.92. The first-order valence-electron chi connectivity index (χ1n) is 6.77. The molecule has 0 aliphatic rings. The van der Waals surface area contributed by atoms with Crippen molar-refractivity contribution in [2.75, 3.05) is 5.84 Å². The molecule has 0 radical (unpaired) electrons. The second-order valence-corrected chi connectivity index (χ2v) is 5.68. The molecular weight excluding hydrogens is 304 g/mol. The van der Waals surface area contributed by atoms with E-state index in [1.54, 1.807) is 4.68 Å².